The Balaban J connectivity index is 1.91. The van der Waals surface area contributed by atoms with E-state index in [4.69, 9.17) is 16.3 Å². The highest BCUT2D eigenvalue weighted by molar-refractivity contribution is 6.30. The molecule has 2 aromatic rings. The molecule has 0 saturated heterocycles. The van der Waals surface area contributed by atoms with Crippen molar-refractivity contribution >= 4 is 23.7 Å². The maximum atomic E-state index is 11.9. The fraction of sp³-hybridized carbons (Fsp3) is 0.176. The van der Waals surface area contributed by atoms with E-state index in [2.05, 4.69) is 10.5 Å². The highest BCUT2D eigenvalue weighted by atomic mass is 35.5. The van der Waals surface area contributed by atoms with Crippen LogP contribution in [0.3, 0.4) is 0 Å². The van der Waals surface area contributed by atoms with Gasteiger partial charge in [0.2, 0.25) is 0 Å². The van der Waals surface area contributed by atoms with Gasteiger partial charge in [0.05, 0.1) is 12.8 Å². The lowest BCUT2D eigenvalue weighted by atomic mass is 10.2. The molecule has 1 N–H and O–H groups in total. The van der Waals surface area contributed by atoms with Gasteiger partial charge in [-0.2, -0.15) is 5.10 Å². The van der Waals surface area contributed by atoms with Crippen LogP contribution in [0.4, 0.5) is 0 Å². The minimum Gasteiger partial charge on any atom is -0.494 e. The fourth-order valence-corrected chi connectivity index (χ4v) is 1.94. The smallest absolute Gasteiger partial charge is 0.271 e. The van der Waals surface area contributed by atoms with Crippen molar-refractivity contribution in [1.82, 2.24) is 5.43 Å². The van der Waals surface area contributed by atoms with Gasteiger partial charge in [0.1, 0.15) is 5.75 Å². The number of hydrazone groups is 1. The fourth-order valence-electron chi connectivity index (χ4n) is 1.74. The van der Waals surface area contributed by atoms with Crippen LogP contribution in [-0.4, -0.2) is 18.7 Å². The van der Waals surface area contributed by atoms with E-state index in [9.17, 15) is 4.79 Å². The minimum atomic E-state index is -0.277. The van der Waals surface area contributed by atoms with E-state index in [1.807, 2.05) is 19.1 Å². The molecule has 0 aliphatic rings. The number of hydrogen-bond acceptors (Lipinski definition) is 3. The molecule has 0 radical (unpaired) electrons. The molecular formula is C17H17ClN2O2. The summed E-state index contributed by atoms with van der Waals surface area (Å²) in [5.41, 5.74) is 3.81. The monoisotopic (exact) mass is 316 g/mol. The van der Waals surface area contributed by atoms with Crippen LogP contribution in [0.5, 0.6) is 5.75 Å². The average molecular weight is 317 g/mol. The van der Waals surface area contributed by atoms with E-state index in [-0.39, 0.29) is 5.91 Å². The van der Waals surface area contributed by atoms with E-state index in [1.54, 1.807) is 42.6 Å². The highest BCUT2D eigenvalue weighted by Gasteiger charge is 2.04. The first-order valence-corrected chi connectivity index (χ1v) is 7.38. The Kier molecular flexibility index (Phi) is 5.98. The Morgan fingerprint density at radius 3 is 2.73 bits per heavy atom. The minimum absolute atomic E-state index is 0.277. The maximum Gasteiger partial charge on any atom is 0.271 e. The molecule has 0 atom stereocenters. The average Bonchev–Trinajstić information content (AvgIpc) is 2.53. The number of halogens is 1. The molecule has 2 aromatic carbocycles. The first-order chi connectivity index (χ1) is 10.7. The van der Waals surface area contributed by atoms with Crippen molar-refractivity contribution in [2.75, 3.05) is 6.61 Å². The number of benzene rings is 2. The molecule has 4 nitrogen and oxygen atoms in total. The molecule has 2 rings (SSSR count). The third kappa shape index (κ3) is 4.90. The van der Waals surface area contributed by atoms with Gasteiger partial charge in [-0.25, -0.2) is 5.43 Å². The van der Waals surface area contributed by atoms with E-state index < -0.39 is 0 Å². The zero-order valence-corrected chi connectivity index (χ0v) is 13.0. The van der Waals surface area contributed by atoms with Gasteiger partial charge in [0.15, 0.2) is 0 Å². The van der Waals surface area contributed by atoms with Crippen LogP contribution < -0.4 is 10.2 Å². The highest BCUT2D eigenvalue weighted by Crippen LogP contribution is 2.12. The molecule has 0 saturated carbocycles. The number of carbonyl (C=O) groups excluding carboxylic acids is 1. The van der Waals surface area contributed by atoms with Crippen molar-refractivity contribution in [3.8, 4) is 5.75 Å². The first-order valence-electron chi connectivity index (χ1n) is 7.01. The molecule has 114 valence electrons. The normalized spacial score (nSPS) is 10.6. The molecular weight excluding hydrogens is 300 g/mol. The van der Waals surface area contributed by atoms with Crippen molar-refractivity contribution in [2.24, 2.45) is 5.10 Å². The third-order valence-electron chi connectivity index (χ3n) is 2.82. The summed E-state index contributed by atoms with van der Waals surface area (Å²) in [5, 5.41) is 4.54. The van der Waals surface area contributed by atoms with Crippen molar-refractivity contribution in [1.29, 1.82) is 0 Å². The number of ether oxygens (including phenoxy) is 1. The topological polar surface area (TPSA) is 50.7 Å². The lowest BCUT2D eigenvalue weighted by Crippen LogP contribution is -2.17. The number of rotatable bonds is 6. The molecule has 0 aromatic heterocycles. The van der Waals surface area contributed by atoms with Crippen LogP contribution in [0.2, 0.25) is 5.02 Å². The van der Waals surface area contributed by atoms with Gasteiger partial charge in [-0.3, -0.25) is 4.79 Å². The van der Waals surface area contributed by atoms with Crippen molar-refractivity contribution in [3.63, 3.8) is 0 Å². The van der Waals surface area contributed by atoms with Crippen LogP contribution >= 0.6 is 11.6 Å². The Labute approximate surface area is 134 Å². The summed E-state index contributed by atoms with van der Waals surface area (Å²) in [4.78, 5) is 11.9. The second kappa shape index (κ2) is 8.20. The summed E-state index contributed by atoms with van der Waals surface area (Å²) in [7, 11) is 0. The molecule has 0 spiro atoms. The van der Waals surface area contributed by atoms with Gasteiger partial charge in [0.25, 0.3) is 5.91 Å². The van der Waals surface area contributed by atoms with Gasteiger partial charge < -0.3 is 4.74 Å². The van der Waals surface area contributed by atoms with Crippen LogP contribution in [0.1, 0.15) is 29.3 Å². The maximum absolute atomic E-state index is 11.9. The zero-order valence-electron chi connectivity index (χ0n) is 12.3. The SMILES string of the molecule is CCCOc1ccc(C(=O)N/N=C\c2cccc(Cl)c2)cc1. The van der Waals surface area contributed by atoms with Crippen LogP contribution in [0.15, 0.2) is 53.6 Å². The van der Waals surface area contributed by atoms with Gasteiger partial charge in [-0.05, 0) is 48.4 Å². The first kappa shape index (κ1) is 16.0. The molecule has 0 heterocycles. The van der Waals surface area contributed by atoms with Gasteiger partial charge in [-0.1, -0.05) is 30.7 Å². The Morgan fingerprint density at radius 2 is 2.05 bits per heavy atom. The molecule has 22 heavy (non-hydrogen) atoms. The Hall–Kier alpha value is -2.33. The van der Waals surface area contributed by atoms with Crippen LogP contribution in [0.25, 0.3) is 0 Å². The molecule has 5 heteroatoms. The number of nitrogens with zero attached hydrogens (tertiary/aromatic N) is 1. The van der Waals surface area contributed by atoms with E-state index in [1.165, 1.54) is 0 Å². The second-order valence-corrected chi connectivity index (χ2v) is 5.06. The summed E-state index contributed by atoms with van der Waals surface area (Å²) in [6.07, 6.45) is 2.49. The molecule has 0 aliphatic heterocycles. The Bertz CT molecular complexity index is 654. The van der Waals surface area contributed by atoms with Crippen LogP contribution in [0, 0.1) is 0 Å². The molecule has 0 bridgehead atoms. The van der Waals surface area contributed by atoms with Crippen molar-refractivity contribution in [3.05, 3.63) is 64.7 Å². The zero-order chi connectivity index (χ0) is 15.8. The predicted molar refractivity (Wildman–Crippen MR) is 88.7 cm³/mol. The molecule has 0 unspecified atom stereocenters. The van der Waals surface area contributed by atoms with E-state index in [0.717, 1.165) is 17.7 Å². The quantitative estimate of drug-likeness (QED) is 0.649. The van der Waals surface area contributed by atoms with Gasteiger partial charge >= 0.3 is 0 Å². The summed E-state index contributed by atoms with van der Waals surface area (Å²) in [6, 6.07) is 14.2. The summed E-state index contributed by atoms with van der Waals surface area (Å²) < 4.78 is 5.47. The van der Waals surface area contributed by atoms with E-state index >= 15 is 0 Å². The number of hydrogen-bond donors (Lipinski definition) is 1. The van der Waals surface area contributed by atoms with Gasteiger partial charge in [-0.15, -0.1) is 0 Å². The number of nitrogens with one attached hydrogen (secondary N) is 1. The predicted octanol–water partition coefficient (Wildman–Crippen LogP) is 3.89. The van der Waals surface area contributed by atoms with Crippen molar-refractivity contribution in [2.45, 2.75) is 13.3 Å². The molecule has 0 fully saturated rings. The van der Waals surface area contributed by atoms with Crippen molar-refractivity contribution < 1.29 is 9.53 Å². The third-order valence-corrected chi connectivity index (χ3v) is 3.05. The number of carbonyl (C=O) groups is 1. The lowest BCUT2D eigenvalue weighted by Gasteiger charge is -2.05. The Morgan fingerprint density at radius 1 is 1.27 bits per heavy atom. The van der Waals surface area contributed by atoms with E-state index in [0.29, 0.717) is 17.2 Å². The van der Waals surface area contributed by atoms with Gasteiger partial charge in [0, 0.05) is 10.6 Å². The summed E-state index contributed by atoms with van der Waals surface area (Å²) in [5.74, 6) is 0.473. The largest absolute Gasteiger partial charge is 0.494 e. The second-order valence-electron chi connectivity index (χ2n) is 4.63. The number of amides is 1. The van der Waals surface area contributed by atoms with Crippen LogP contribution in [-0.2, 0) is 0 Å². The summed E-state index contributed by atoms with van der Waals surface area (Å²) in [6.45, 7) is 2.70. The lowest BCUT2D eigenvalue weighted by molar-refractivity contribution is 0.0955. The summed E-state index contributed by atoms with van der Waals surface area (Å²) >= 11 is 5.87. The molecule has 1 amide bonds. The standard InChI is InChI=1S/C17H17ClN2O2/c1-2-10-22-16-8-6-14(7-9-16)17(21)20-19-12-13-4-3-5-15(18)11-13/h3-9,11-12H,2,10H2,1H3,(H,20,21)/b19-12-. The molecule has 0 aliphatic carbocycles.